The first kappa shape index (κ1) is 29.7. The lowest BCUT2D eigenvalue weighted by molar-refractivity contribution is -0.121. The molecule has 0 heterocycles. The highest BCUT2D eigenvalue weighted by Gasteiger charge is 2.18. The lowest BCUT2D eigenvalue weighted by Crippen LogP contribution is -2.24. The molecular formula is C30H33N3O7. The monoisotopic (exact) mass is 547 g/mol. The maximum Gasteiger partial charge on any atom is 0.343 e. The van der Waals surface area contributed by atoms with Gasteiger partial charge < -0.3 is 24.3 Å². The molecule has 0 bridgehead atoms. The second-order valence-electron chi connectivity index (χ2n) is 8.60. The Labute approximate surface area is 233 Å². The van der Waals surface area contributed by atoms with Gasteiger partial charge in [-0.3, -0.25) is 9.59 Å². The maximum atomic E-state index is 12.6. The average Bonchev–Trinajstić information content (AvgIpc) is 2.99. The van der Waals surface area contributed by atoms with Gasteiger partial charge in [0.2, 0.25) is 11.7 Å². The summed E-state index contributed by atoms with van der Waals surface area (Å²) in [6.07, 6.45) is 4.12. The summed E-state index contributed by atoms with van der Waals surface area (Å²) in [5.41, 5.74) is 4.08. The molecule has 0 fully saturated rings. The van der Waals surface area contributed by atoms with Crippen LogP contribution in [0.4, 0.5) is 0 Å². The first-order valence-electron chi connectivity index (χ1n) is 12.7. The van der Waals surface area contributed by atoms with Crippen molar-refractivity contribution in [2.75, 3.05) is 27.9 Å². The van der Waals surface area contributed by atoms with E-state index in [9.17, 15) is 14.4 Å². The van der Waals surface area contributed by atoms with Crippen LogP contribution < -0.4 is 29.7 Å². The molecule has 210 valence electrons. The molecule has 40 heavy (non-hydrogen) atoms. The van der Waals surface area contributed by atoms with Crippen molar-refractivity contribution in [3.05, 3.63) is 83.4 Å². The van der Waals surface area contributed by atoms with Gasteiger partial charge in [0.25, 0.3) is 5.91 Å². The second kappa shape index (κ2) is 15.5. The SMILES string of the molecule is COc1cc(C(=O)Oc2ccc(/C=N/NC(=O)CCCCCNC(=O)c3ccccc3)cc2)cc(OC)c1OC. The van der Waals surface area contributed by atoms with Crippen LogP contribution in [-0.4, -0.2) is 51.9 Å². The fraction of sp³-hybridized carbons (Fsp3) is 0.267. The van der Waals surface area contributed by atoms with Gasteiger partial charge in [0.15, 0.2) is 11.5 Å². The third kappa shape index (κ3) is 8.87. The quantitative estimate of drug-likeness (QED) is 0.101. The summed E-state index contributed by atoms with van der Waals surface area (Å²) >= 11 is 0. The van der Waals surface area contributed by atoms with Crippen LogP contribution in [0.5, 0.6) is 23.0 Å². The van der Waals surface area contributed by atoms with Crippen molar-refractivity contribution in [2.45, 2.75) is 25.7 Å². The molecule has 2 amide bonds. The Morgan fingerprint density at radius 2 is 1.48 bits per heavy atom. The molecule has 10 heteroatoms. The van der Waals surface area contributed by atoms with Gasteiger partial charge >= 0.3 is 5.97 Å². The van der Waals surface area contributed by atoms with Crippen LogP contribution in [-0.2, 0) is 4.79 Å². The number of amides is 2. The van der Waals surface area contributed by atoms with E-state index in [2.05, 4.69) is 15.8 Å². The summed E-state index contributed by atoms with van der Waals surface area (Å²) < 4.78 is 21.3. The molecule has 0 aliphatic rings. The van der Waals surface area contributed by atoms with E-state index in [4.69, 9.17) is 18.9 Å². The number of methoxy groups -OCH3 is 3. The zero-order valence-electron chi connectivity index (χ0n) is 22.8. The van der Waals surface area contributed by atoms with Crippen molar-refractivity contribution >= 4 is 24.0 Å². The van der Waals surface area contributed by atoms with E-state index in [1.165, 1.54) is 39.7 Å². The zero-order chi connectivity index (χ0) is 28.7. The molecule has 3 rings (SSSR count). The highest BCUT2D eigenvalue weighted by Crippen LogP contribution is 2.38. The molecule has 0 aliphatic carbocycles. The third-order valence-electron chi connectivity index (χ3n) is 5.80. The number of hydrazone groups is 1. The molecular weight excluding hydrogens is 514 g/mol. The van der Waals surface area contributed by atoms with Crippen molar-refractivity contribution in [1.82, 2.24) is 10.7 Å². The van der Waals surface area contributed by atoms with Crippen LogP contribution in [0.3, 0.4) is 0 Å². The topological polar surface area (TPSA) is 125 Å². The molecule has 0 spiro atoms. The first-order chi connectivity index (χ1) is 19.4. The van der Waals surface area contributed by atoms with Gasteiger partial charge in [0.1, 0.15) is 5.75 Å². The highest BCUT2D eigenvalue weighted by molar-refractivity contribution is 5.94. The number of hydrogen-bond acceptors (Lipinski definition) is 8. The van der Waals surface area contributed by atoms with Crippen LogP contribution in [0.2, 0.25) is 0 Å². The van der Waals surface area contributed by atoms with Gasteiger partial charge in [0, 0.05) is 18.5 Å². The van der Waals surface area contributed by atoms with E-state index in [1.807, 2.05) is 18.2 Å². The Morgan fingerprint density at radius 3 is 2.10 bits per heavy atom. The number of carbonyl (C=O) groups excluding carboxylic acids is 3. The van der Waals surface area contributed by atoms with Gasteiger partial charge in [-0.05, 0) is 66.9 Å². The van der Waals surface area contributed by atoms with Crippen molar-refractivity contribution in [3.63, 3.8) is 0 Å². The van der Waals surface area contributed by atoms with E-state index < -0.39 is 5.97 Å². The molecule has 0 atom stereocenters. The van der Waals surface area contributed by atoms with Gasteiger partial charge in [-0.15, -0.1) is 0 Å². The predicted molar refractivity (Wildman–Crippen MR) is 150 cm³/mol. The summed E-state index contributed by atoms with van der Waals surface area (Å²) in [5, 5.41) is 6.85. The van der Waals surface area contributed by atoms with E-state index in [0.29, 0.717) is 53.5 Å². The largest absolute Gasteiger partial charge is 0.493 e. The van der Waals surface area contributed by atoms with Crippen LogP contribution in [0.25, 0.3) is 0 Å². The molecule has 0 saturated heterocycles. The predicted octanol–water partition coefficient (Wildman–Crippen LogP) is 4.37. The summed E-state index contributed by atoms with van der Waals surface area (Å²) in [6.45, 7) is 0.557. The molecule has 0 radical (unpaired) electrons. The summed E-state index contributed by atoms with van der Waals surface area (Å²) in [7, 11) is 4.41. The van der Waals surface area contributed by atoms with Crippen molar-refractivity contribution in [1.29, 1.82) is 0 Å². The number of esters is 1. The Kier molecular flexibility index (Phi) is 11.5. The minimum absolute atomic E-state index is 0.0996. The second-order valence-corrected chi connectivity index (χ2v) is 8.60. The van der Waals surface area contributed by atoms with Crippen LogP contribution in [0, 0.1) is 0 Å². The normalized spacial score (nSPS) is 10.6. The molecule has 0 aromatic heterocycles. The van der Waals surface area contributed by atoms with E-state index in [1.54, 1.807) is 36.4 Å². The van der Waals surface area contributed by atoms with Gasteiger partial charge in [-0.2, -0.15) is 5.10 Å². The van der Waals surface area contributed by atoms with E-state index in [0.717, 1.165) is 12.8 Å². The summed E-state index contributed by atoms with van der Waals surface area (Å²) in [5.74, 6) is 0.510. The Bertz CT molecular complexity index is 1280. The highest BCUT2D eigenvalue weighted by atomic mass is 16.5. The number of rotatable bonds is 14. The maximum absolute atomic E-state index is 12.6. The number of unbranched alkanes of at least 4 members (excludes halogenated alkanes) is 2. The zero-order valence-corrected chi connectivity index (χ0v) is 22.8. The Hall–Kier alpha value is -4.86. The standard InChI is InChI=1S/C30H33N3O7/c1-37-25-18-23(19-26(38-2)28(25)39-3)30(36)40-24-15-13-21(14-16-24)20-32-33-27(34)12-8-5-9-17-31-29(35)22-10-6-4-7-11-22/h4,6-7,10-11,13-16,18-20H,5,8-9,12,17H2,1-3H3,(H,31,35)(H,33,34)/b32-20+. The third-order valence-corrected chi connectivity index (χ3v) is 5.80. The van der Waals surface area contributed by atoms with E-state index >= 15 is 0 Å². The van der Waals surface area contributed by atoms with Crippen LogP contribution in [0.15, 0.2) is 71.8 Å². The minimum Gasteiger partial charge on any atom is -0.493 e. The molecule has 0 aliphatic heterocycles. The van der Waals surface area contributed by atoms with Crippen molar-refractivity contribution in [2.24, 2.45) is 5.10 Å². The fourth-order valence-corrected chi connectivity index (χ4v) is 3.70. The smallest absolute Gasteiger partial charge is 0.343 e. The van der Waals surface area contributed by atoms with Gasteiger partial charge in [-0.25, -0.2) is 10.2 Å². The van der Waals surface area contributed by atoms with Crippen LogP contribution in [0.1, 0.15) is 52.0 Å². The number of nitrogens with one attached hydrogen (secondary N) is 2. The average molecular weight is 548 g/mol. The van der Waals surface area contributed by atoms with Gasteiger partial charge in [0.05, 0.1) is 33.1 Å². The van der Waals surface area contributed by atoms with E-state index in [-0.39, 0.29) is 17.4 Å². The lowest BCUT2D eigenvalue weighted by Gasteiger charge is -2.13. The Morgan fingerprint density at radius 1 is 0.800 bits per heavy atom. The number of carbonyl (C=O) groups is 3. The first-order valence-corrected chi connectivity index (χ1v) is 12.7. The summed E-state index contributed by atoms with van der Waals surface area (Å²) in [4.78, 5) is 36.7. The van der Waals surface area contributed by atoms with Gasteiger partial charge in [-0.1, -0.05) is 24.6 Å². The number of ether oxygens (including phenoxy) is 4. The number of nitrogens with zero attached hydrogens (tertiary/aromatic N) is 1. The molecule has 3 aromatic rings. The molecule has 2 N–H and O–H groups in total. The number of benzene rings is 3. The van der Waals surface area contributed by atoms with Crippen LogP contribution >= 0.6 is 0 Å². The summed E-state index contributed by atoms with van der Waals surface area (Å²) in [6, 6.07) is 18.7. The fourth-order valence-electron chi connectivity index (χ4n) is 3.70. The molecule has 3 aromatic carbocycles. The minimum atomic E-state index is -0.591. The lowest BCUT2D eigenvalue weighted by atomic mass is 10.1. The molecule has 10 nitrogen and oxygen atoms in total. The number of hydrogen-bond donors (Lipinski definition) is 2. The molecule has 0 saturated carbocycles. The van der Waals surface area contributed by atoms with Crippen molar-refractivity contribution in [3.8, 4) is 23.0 Å². The van der Waals surface area contributed by atoms with Crippen molar-refractivity contribution < 1.29 is 33.3 Å². The Balaban J connectivity index is 1.38. The molecule has 0 unspecified atom stereocenters.